The number of ether oxygens (including phenoxy) is 1. The van der Waals surface area contributed by atoms with E-state index in [2.05, 4.69) is 27.6 Å². The van der Waals surface area contributed by atoms with E-state index in [-0.39, 0.29) is 5.97 Å². The third kappa shape index (κ3) is 5.99. The molecule has 0 unspecified atom stereocenters. The van der Waals surface area contributed by atoms with Gasteiger partial charge in [-0.1, -0.05) is 25.1 Å². The van der Waals surface area contributed by atoms with E-state index in [0.29, 0.717) is 34.6 Å². The summed E-state index contributed by atoms with van der Waals surface area (Å²) in [5.41, 5.74) is 1.13. The van der Waals surface area contributed by atoms with Crippen molar-refractivity contribution in [2.45, 2.75) is 37.0 Å². The Balaban J connectivity index is 1.52. The number of piperidine rings is 1. The van der Waals surface area contributed by atoms with Crippen LogP contribution in [0.1, 0.15) is 37.8 Å². The summed E-state index contributed by atoms with van der Waals surface area (Å²) in [5.74, 6) is 2.00. The molecule has 0 amide bonds. The number of likely N-dealkylation sites (tertiary alicyclic amines) is 1. The van der Waals surface area contributed by atoms with Gasteiger partial charge in [0.15, 0.2) is 16.7 Å². The average Bonchev–Trinajstić information content (AvgIpc) is 3.28. The van der Waals surface area contributed by atoms with Crippen molar-refractivity contribution in [1.82, 2.24) is 14.9 Å². The number of rotatable bonds is 8. The van der Waals surface area contributed by atoms with Crippen LogP contribution in [0.2, 0.25) is 0 Å². The Hall–Kier alpha value is -2.62. The summed E-state index contributed by atoms with van der Waals surface area (Å²) in [6, 6.07) is 11.3. The molecule has 1 fully saturated rings. The first-order valence-corrected chi connectivity index (χ1v) is 12.2. The number of thiazole rings is 1. The van der Waals surface area contributed by atoms with Gasteiger partial charge in [0.05, 0.1) is 22.6 Å². The average molecular weight is 471 g/mol. The fraction of sp³-hybridized carbons (Fsp3) is 0.348. The zero-order chi connectivity index (χ0) is 22.3. The molecule has 4 rings (SSSR count). The molecule has 0 radical (unpaired) electrons. The van der Waals surface area contributed by atoms with E-state index in [9.17, 15) is 4.79 Å². The Morgan fingerprint density at radius 2 is 2.06 bits per heavy atom. The molecule has 3 aromatic rings. The van der Waals surface area contributed by atoms with Crippen LogP contribution in [0, 0.1) is 0 Å². The lowest BCUT2D eigenvalue weighted by Crippen LogP contribution is -2.29. The summed E-state index contributed by atoms with van der Waals surface area (Å²) >= 11 is 2.55. The monoisotopic (exact) mass is 470 g/mol. The summed E-state index contributed by atoms with van der Waals surface area (Å²) in [4.78, 5) is 23.9. The molecule has 0 aliphatic carbocycles. The van der Waals surface area contributed by atoms with Crippen molar-refractivity contribution in [2.75, 3.05) is 25.5 Å². The number of anilines is 2. The lowest BCUT2D eigenvalue weighted by atomic mass is 9.95. The number of benzene rings is 1. The molecule has 32 heavy (non-hydrogen) atoms. The molecule has 7 nitrogen and oxygen atoms in total. The van der Waals surface area contributed by atoms with Crippen LogP contribution >= 0.6 is 23.4 Å². The number of carbonyl (C=O) groups is 1. The summed E-state index contributed by atoms with van der Waals surface area (Å²) in [7, 11) is 2.16. The third-order valence-corrected chi connectivity index (χ3v) is 6.66. The maximum absolute atomic E-state index is 11.5. The highest BCUT2D eigenvalue weighted by molar-refractivity contribution is 7.95. The quantitative estimate of drug-likeness (QED) is 0.411. The molecule has 1 saturated heterocycles. The number of aromatic nitrogens is 2. The number of hydrogen-bond donors (Lipinski definition) is 1. The van der Waals surface area contributed by atoms with Crippen molar-refractivity contribution < 1.29 is 13.7 Å². The van der Waals surface area contributed by atoms with Crippen molar-refractivity contribution in [2.24, 2.45) is 0 Å². The van der Waals surface area contributed by atoms with Crippen LogP contribution in [-0.4, -0.2) is 41.0 Å². The first-order chi connectivity index (χ1) is 15.6. The molecule has 1 aliphatic heterocycles. The number of nitrogens with zero attached hydrogens (tertiary/aromatic N) is 3. The first-order valence-electron chi connectivity index (χ1n) is 10.6. The third-order valence-electron chi connectivity index (χ3n) is 5.20. The van der Waals surface area contributed by atoms with Crippen molar-refractivity contribution in [3.8, 4) is 11.5 Å². The highest BCUT2D eigenvalue weighted by atomic mass is 32.2. The molecule has 1 aliphatic rings. The largest absolute Gasteiger partial charge is 0.453 e. The van der Waals surface area contributed by atoms with Crippen LogP contribution in [0.25, 0.3) is 0 Å². The van der Waals surface area contributed by atoms with Crippen molar-refractivity contribution >= 4 is 40.3 Å². The SMILES string of the molecule is CCC(=O)OSc1cnc(Nc2nc(C3CCN(C)CC3)cs2)c(Oc2ccccc2)c1. The lowest BCUT2D eigenvalue weighted by Gasteiger charge is -2.27. The zero-order valence-corrected chi connectivity index (χ0v) is 19.7. The van der Waals surface area contributed by atoms with Gasteiger partial charge in [-0.05, 0) is 45.1 Å². The lowest BCUT2D eigenvalue weighted by molar-refractivity contribution is -0.132. The minimum Gasteiger partial charge on any atom is -0.453 e. The summed E-state index contributed by atoms with van der Waals surface area (Å²) in [5, 5.41) is 6.22. The predicted octanol–water partition coefficient (Wildman–Crippen LogP) is 5.84. The highest BCUT2D eigenvalue weighted by Gasteiger charge is 2.21. The van der Waals surface area contributed by atoms with Gasteiger partial charge in [0.1, 0.15) is 5.75 Å². The molecule has 2 aromatic heterocycles. The smallest absolute Gasteiger partial charge is 0.317 e. The van der Waals surface area contributed by atoms with Gasteiger partial charge in [-0.25, -0.2) is 9.97 Å². The van der Waals surface area contributed by atoms with Crippen LogP contribution in [0.5, 0.6) is 11.5 Å². The Morgan fingerprint density at radius 3 is 2.81 bits per heavy atom. The van der Waals surface area contributed by atoms with E-state index in [1.54, 1.807) is 30.5 Å². The van der Waals surface area contributed by atoms with Crippen molar-refractivity contribution in [3.63, 3.8) is 0 Å². The van der Waals surface area contributed by atoms with Gasteiger partial charge in [-0.2, -0.15) is 0 Å². The molecule has 0 saturated carbocycles. The van der Waals surface area contributed by atoms with E-state index in [4.69, 9.17) is 13.9 Å². The Morgan fingerprint density at radius 1 is 1.28 bits per heavy atom. The molecule has 168 valence electrons. The Bertz CT molecular complexity index is 1040. The Labute approximate surface area is 196 Å². The summed E-state index contributed by atoms with van der Waals surface area (Å²) < 4.78 is 11.2. The van der Waals surface area contributed by atoms with Gasteiger partial charge < -0.3 is 19.1 Å². The van der Waals surface area contributed by atoms with E-state index >= 15 is 0 Å². The van der Waals surface area contributed by atoms with Gasteiger partial charge in [-0.3, -0.25) is 4.79 Å². The standard InChI is InChI=1S/C23H26N4O3S2/c1-3-21(28)30-32-18-13-20(29-17-7-5-4-6-8-17)22(24-14-18)26-23-25-19(15-31-23)16-9-11-27(2)12-10-16/h4-8,13-16H,3,9-12H2,1-2H3,(H,24,25,26). The minimum atomic E-state index is -0.285. The summed E-state index contributed by atoms with van der Waals surface area (Å²) in [6.45, 7) is 3.96. The molecule has 0 bridgehead atoms. The topological polar surface area (TPSA) is 76.6 Å². The molecule has 0 atom stereocenters. The van der Waals surface area contributed by atoms with Gasteiger partial charge in [0.25, 0.3) is 0 Å². The normalized spacial score (nSPS) is 14.8. The number of nitrogens with one attached hydrogen (secondary N) is 1. The molecular weight excluding hydrogens is 444 g/mol. The Kier molecular flexibility index (Phi) is 7.62. The number of pyridine rings is 1. The van der Waals surface area contributed by atoms with Gasteiger partial charge in [0, 0.05) is 30.0 Å². The fourth-order valence-corrected chi connectivity index (χ4v) is 4.70. The molecular formula is C23H26N4O3S2. The molecule has 0 spiro atoms. The van der Waals surface area contributed by atoms with Gasteiger partial charge >= 0.3 is 5.97 Å². The predicted molar refractivity (Wildman–Crippen MR) is 128 cm³/mol. The van der Waals surface area contributed by atoms with Crippen molar-refractivity contribution in [3.05, 3.63) is 53.7 Å². The minimum absolute atomic E-state index is 0.285. The van der Waals surface area contributed by atoms with E-state index in [1.807, 2.05) is 30.3 Å². The van der Waals surface area contributed by atoms with E-state index in [0.717, 1.165) is 48.8 Å². The van der Waals surface area contributed by atoms with Crippen LogP contribution in [0.3, 0.4) is 0 Å². The van der Waals surface area contributed by atoms with Gasteiger partial charge in [-0.15, -0.1) is 11.3 Å². The van der Waals surface area contributed by atoms with Crippen LogP contribution in [-0.2, 0) is 8.98 Å². The second-order valence-corrected chi connectivity index (χ2v) is 9.27. The maximum Gasteiger partial charge on any atom is 0.317 e. The van der Waals surface area contributed by atoms with Gasteiger partial charge in [0.2, 0.25) is 0 Å². The van der Waals surface area contributed by atoms with E-state index in [1.165, 1.54) is 0 Å². The molecule has 3 heterocycles. The zero-order valence-electron chi connectivity index (χ0n) is 18.1. The van der Waals surface area contributed by atoms with Crippen molar-refractivity contribution in [1.29, 1.82) is 0 Å². The van der Waals surface area contributed by atoms with Crippen LogP contribution < -0.4 is 10.1 Å². The molecule has 1 N–H and O–H groups in total. The number of para-hydroxylation sites is 1. The first kappa shape index (κ1) is 22.6. The molecule has 1 aromatic carbocycles. The van der Waals surface area contributed by atoms with Crippen LogP contribution in [0.4, 0.5) is 10.9 Å². The summed E-state index contributed by atoms with van der Waals surface area (Å²) in [6.07, 6.45) is 4.22. The molecule has 9 heteroatoms. The highest BCUT2D eigenvalue weighted by Crippen LogP contribution is 2.36. The second kappa shape index (κ2) is 10.8. The van der Waals surface area contributed by atoms with Crippen LogP contribution in [0.15, 0.2) is 52.9 Å². The number of carbonyl (C=O) groups excluding carboxylic acids is 1. The fourth-order valence-electron chi connectivity index (χ4n) is 3.35. The second-order valence-electron chi connectivity index (χ2n) is 7.61. The maximum atomic E-state index is 11.5. The number of hydrogen-bond acceptors (Lipinski definition) is 9. The van der Waals surface area contributed by atoms with E-state index < -0.39 is 0 Å².